The van der Waals surface area contributed by atoms with Gasteiger partial charge in [-0.1, -0.05) is 55.5 Å². The molecule has 0 radical (unpaired) electrons. The van der Waals surface area contributed by atoms with Gasteiger partial charge in [-0.15, -0.1) is 0 Å². The lowest BCUT2D eigenvalue weighted by Crippen LogP contribution is -2.34. The minimum atomic E-state index is -0.117. The lowest BCUT2D eigenvalue weighted by atomic mass is 9.96. The van der Waals surface area contributed by atoms with Crippen molar-refractivity contribution in [2.75, 3.05) is 13.1 Å². The molecule has 4 nitrogen and oxygen atoms in total. The summed E-state index contributed by atoms with van der Waals surface area (Å²) >= 11 is 0. The number of fused-ring (bicyclic) bond motifs is 2. The quantitative estimate of drug-likeness (QED) is 0.560. The highest BCUT2D eigenvalue weighted by Crippen LogP contribution is 2.28. The Morgan fingerprint density at radius 1 is 0.833 bits per heavy atom. The van der Waals surface area contributed by atoms with Gasteiger partial charge in [0.05, 0.1) is 5.56 Å². The summed E-state index contributed by atoms with van der Waals surface area (Å²) in [5.41, 5.74) is 0.686. The summed E-state index contributed by atoms with van der Waals surface area (Å²) in [7, 11) is 0. The minimum Gasteiger partial charge on any atom is -0.354 e. The van der Waals surface area contributed by atoms with Crippen LogP contribution in [0.1, 0.15) is 23.7 Å². The fourth-order valence-corrected chi connectivity index (χ4v) is 2.85. The van der Waals surface area contributed by atoms with E-state index in [9.17, 15) is 9.59 Å². The maximum Gasteiger partial charge on any atom is 0.252 e. The van der Waals surface area contributed by atoms with E-state index in [-0.39, 0.29) is 11.8 Å². The fourth-order valence-electron chi connectivity index (χ4n) is 2.85. The number of amides is 2. The van der Waals surface area contributed by atoms with Crippen LogP contribution < -0.4 is 10.6 Å². The zero-order valence-corrected chi connectivity index (χ0v) is 13.6. The van der Waals surface area contributed by atoms with Crippen molar-refractivity contribution < 1.29 is 9.59 Å². The third-order valence-electron chi connectivity index (χ3n) is 4.05. The molecule has 3 aromatic rings. The second kappa shape index (κ2) is 7.13. The number of carbonyl (C=O) groups excluding carboxylic acids is 2. The van der Waals surface area contributed by atoms with E-state index in [0.29, 0.717) is 25.1 Å². The first kappa shape index (κ1) is 16.0. The Morgan fingerprint density at radius 2 is 1.38 bits per heavy atom. The van der Waals surface area contributed by atoms with Gasteiger partial charge in [-0.05, 0) is 27.6 Å². The lowest BCUT2D eigenvalue weighted by Gasteiger charge is -2.12. The van der Waals surface area contributed by atoms with Gasteiger partial charge in [-0.25, -0.2) is 0 Å². The monoisotopic (exact) mass is 320 g/mol. The molecule has 2 N–H and O–H groups in total. The van der Waals surface area contributed by atoms with Crippen LogP contribution >= 0.6 is 0 Å². The average molecular weight is 320 g/mol. The number of rotatable bonds is 5. The second-order valence-electron chi connectivity index (χ2n) is 5.65. The highest BCUT2D eigenvalue weighted by molar-refractivity contribution is 6.18. The van der Waals surface area contributed by atoms with E-state index in [0.717, 1.165) is 21.5 Å². The Labute approximate surface area is 140 Å². The molecule has 0 aromatic heterocycles. The molecule has 24 heavy (non-hydrogen) atoms. The number of hydrogen-bond acceptors (Lipinski definition) is 2. The van der Waals surface area contributed by atoms with E-state index in [1.165, 1.54) is 0 Å². The van der Waals surface area contributed by atoms with Crippen molar-refractivity contribution in [1.29, 1.82) is 0 Å². The van der Waals surface area contributed by atoms with Gasteiger partial charge >= 0.3 is 0 Å². The Bertz CT molecular complexity index is 848. The minimum absolute atomic E-state index is 0.0140. The largest absolute Gasteiger partial charge is 0.354 e. The van der Waals surface area contributed by atoms with E-state index >= 15 is 0 Å². The smallest absolute Gasteiger partial charge is 0.252 e. The van der Waals surface area contributed by atoms with Crippen LogP contribution in [0.2, 0.25) is 0 Å². The zero-order valence-electron chi connectivity index (χ0n) is 13.6. The maximum atomic E-state index is 12.8. The first-order valence-corrected chi connectivity index (χ1v) is 8.16. The summed E-state index contributed by atoms with van der Waals surface area (Å²) in [5, 5.41) is 9.63. The Balaban J connectivity index is 1.91. The van der Waals surface area contributed by atoms with Crippen LogP contribution in [0.5, 0.6) is 0 Å². The Kier molecular flexibility index (Phi) is 4.75. The zero-order chi connectivity index (χ0) is 16.9. The van der Waals surface area contributed by atoms with Crippen LogP contribution in [0, 0.1) is 0 Å². The lowest BCUT2D eigenvalue weighted by molar-refractivity contribution is -0.120. The highest BCUT2D eigenvalue weighted by atomic mass is 16.2. The van der Waals surface area contributed by atoms with Crippen molar-refractivity contribution in [2.45, 2.75) is 13.3 Å². The number of benzene rings is 3. The Morgan fingerprint density at radius 3 is 1.96 bits per heavy atom. The van der Waals surface area contributed by atoms with E-state index < -0.39 is 0 Å². The van der Waals surface area contributed by atoms with E-state index in [1.807, 2.05) is 48.5 Å². The van der Waals surface area contributed by atoms with Gasteiger partial charge in [0.1, 0.15) is 0 Å². The van der Waals surface area contributed by atoms with E-state index in [4.69, 9.17) is 0 Å². The van der Waals surface area contributed by atoms with Crippen LogP contribution in [0.25, 0.3) is 21.5 Å². The molecule has 0 saturated heterocycles. The molecule has 0 bridgehead atoms. The van der Waals surface area contributed by atoms with Gasteiger partial charge < -0.3 is 10.6 Å². The SMILES string of the molecule is CCC(=O)NCCNC(=O)c1c2ccccc2cc2ccccc12. The highest BCUT2D eigenvalue weighted by Gasteiger charge is 2.14. The van der Waals surface area contributed by atoms with Gasteiger partial charge in [0.25, 0.3) is 5.91 Å². The van der Waals surface area contributed by atoms with Crippen molar-refractivity contribution in [3.63, 3.8) is 0 Å². The van der Waals surface area contributed by atoms with Crippen LogP contribution in [0.4, 0.5) is 0 Å². The van der Waals surface area contributed by atoms with Crippen molar-refractivity contribution in [2.24, 2.45) is 0 Å². The van der Waals surface area contributed by atoms with Gasteiger partial charge in [0.2, 0.25) is 5.91 Å². The molecule has 0 unspecified atom stereocenters. The fraction of sp³-hybridized carbons (Fsp3) is 0.200. The van der Waals surface area contributed by atoms with Crippen molar-refractivity contribution in [3.8, 4) is 0 Å². The molecule has 0 spiro atoms. The summed E-state index contributed by atoms with van der Waals surface area (Å²) in [6.07, 6.45) is 0.446. The number of carbonyl (C=O) groups is 2. The first-order valence-electron chi connectivity index (χ1n) is 8.16. The molecule has 0 aliphatic carbocycles. The first-order chi connectivity index (χ1) is 11.7. The molecule has 0 atom stereocenters. The van der Waals surface area contributed by atoms with Gasteiger partial charge in [0.15, 0.2) is 0 Å². The van der Waals surface area contributed by atoms with Crippen LogP contribution in [0.3, 0.4) is 0 Å². The third-order valence-corrected chi connectivity index (χ3v) is 4.05. The standard InChI is InChI=1S/C20H20N2O2/c1-2-18(23)21-11-12-22-20(24)19-16-9-5-3-7-14(16)13-15-8-4-6-10-17(15)19/h3-10,13H,2,11-12H2,1H3,(H,21,23)(H,22,24). The molecule has 122 valence electrons. The predicted octanol–water partition coefficient (Wildman–Crippen LogP) is 3.25. The van der Waals surface area contributed by atoms with E-state index in [2.05, 4.69) is 16.7 Å². The molecule has 3 rings (SSSR count). The molecular formula is C20H20N2O2. The molecular weight excluding hydrogens is 300 g/mol. The molecule has 2 amide bonds. The number of nitrogens with one attached hydrogen (secondary N) is 2. The van der Waals surface area contributed by atoms with Crippen LogP contribution in [0.15, 0.2) is 54.6 Å². The normalized spacial score (nSPS) is 10.7. The van der Waals surface area contributed by atoms with Crippen molar-refractivity contribution in [3.05, 3.63) is 60.2 Å². The summed E-state index contributed by atoms with van der Waals surface area (Å²) in [6.45, 7) is 2.64. The van der Waals surface area contributed by atoms with Gasteiger partial charge in [-0.2, -0.15) is 0 Å². The van der Waals surface area contributed by atoms with Crippen LogP contribution in [-0.2, 0) is 4.79 Å². The Hall–Kier alpha value is -2.88. The molecule has 0 heterocycles. The summed E-state index contributed by atoms with van der Waals surface area (Å²) < 4.78 is 0. The molecule has 0 aliphatic heterocycles. The van der Waals surface area contributed by atoms with Gasteiger partial charge in [-0.3, -0.25) is 9.59 Å². The van der Waals surface area contributed by atoms with Crippen LogP contribution in [-0.4, -0.2) is 24.9 Å². The topological polar surface area (TPSA) is 58.2 Å². The second-order valence-corrected chi connectivity index (χ2v) is 5.65. The summed E-state index contributed by atoms with van der Waals surface area (Å²) in [6, 6.07) is 17.9. The molecule has 0 saturated carbocycles. The number of hydrogen-bond donors (Lipinski definition) is 2. The molecule has 0 aliphatic rings. The van der Waals surface area contributed by atoms with E-state index in [1.54, 1.807) is 6.92 Å². The van der Waals surface area contributed by atoms with Crippen molar-refractivity contribution >= 4 is 33.4 Å². The molecule has 4 heteroatoms. The summed E-state index contributed by atoms with van der Waals surface area (Å²) in [5.74, 6) is -0.131. The average Bonchev–Trinajstić information content (AvgIpc) is 2.62. The molecule has 0 fully saturated rings. The summed E-state index contributed by atoms with van der Waals surface area (Å²) in [4.78, 5) is 24.0. The maximum absolute atomic E-state index is 12.8. The molecule has 3 aromatic carbocycles. The predicted molar refractivity (Wildman–Crippen MR) is 97.1 cm³/mol. The third kappa shape index (κ3) is 3.23. The van der Waals surface area contributed by atoms with Gasteiger partial charge in [0, 0.05) is 19.5 Å². The van der Waals surface area contributed by atoms with Crippen molar-refractivity contribution in [1.82, 2.24) is 10.6 Å².